The Morgan fingerprint density at radius 1 is 1.06 bits per heavy atom. The minimum atomic E-state index is -0.723. The molecule has 164 valence electrons. The van der Waals surface area contributed by atoms with Crippen molar-refractivity contribution >= 4 is 45.7 Å². The highest BCUT2D eigenvalue weighted by Gasteiger charge is 2.23. The molecule has 0 aliphatic heterocycles. The summed E-state index contributed by atoms with van der Waals surface area (Å²) in [5, 5.41) is 9.23. The van der Waals surface area contributed by atoms with Gasteiger partial charge in [-0.15, -0.1) is 11.3 Å². The Kier molecular flexibility index (Phi) is 7.09. The van der Waals surface area contributed by atoms with Gasteiger partial charge in [0.2, 0.25) is 5.91 Å². The number of ether oxygens (including phenoxy) is 1. The Balaban J connectivity index is 1.41. The maximum atomic E-state index is 13.0. The molecular weight excluding hydrogens is 446 g/mol. The van der Waals surface area contributed by atoms with Gasteiger partial charge in [0.15, 0.2) is 0 Å². The highest BCUT2D eigenvalue weighted by atomic mass is 35.5. The van der Waals surface area contributed by atoms with Gasteiger partial charge >= 0.3 is 0 Å². The molecule has 0 bridgehead atoms. The van der Waals surface area contributed by atoms with Gasteiger partial charge in [-0.2, -0.15) is 0 Å². The summed E-state index contributed by atoms with van der Waals surface area (Å²) in [4.78, 5) is 29.4. The Morgan fingerprint density at radius 2 is 1.88 bits per heavy atom. The fourth-order valence-electron chi connectivity index (χ4n) is 3.36. The third-order valence-corrected chi connectivity index (χ3v) is 6.07. The summed E-state index contributed by atoms with van der Waals surface area (Å²) in [5.74, 6) is 0.141. The molecular formula is C24H22ClN3O3S. The van der Waals surface area contributed by atoms with Crippen LogP contribution in [0.15, 0.2) is 72.2 Å². The summed E-state index contributed by atoms with van der Waals surface area (Å²) < 4.78 is 5.63. The number of hydrogen-bond acceptors (Lipinski definition) is 4. The van der Waals surface area contributed by atoms with Crippen molar-refractivity contribution in [3.63, 3.8) is 0 Å². The molecule has 0 aliphatic carbocycles. The number of carbonyl (C=O) groups is 2. The van der Waals surface area contributed by atoms with E-state index in [0.717, 1.165) is 16.5 Å². The molecule has 0 saturated carbocycles. The Hall–Kier alpha value is -3.29. The number of nitrogens with one attached hydrogen (secondary N) is 3. The highest BCUT2D eigenvalue weighted by Crippen LogP contribution is 2.20. The Bertz CT molecular complexity index is 1190. The number of hydrogen-bond donors (Lipinski definition) is 3. The standard InChI is InChI=1S/C24H22ClN3O3S/c25-17-7-9-18(10-8-17)31-12-11-26-23(29)21(28-24(30)22-6-3-13-32-22)14-16-15-27-20-5-2-1-4-19(16)20/h1-10,13,15,21,27H,11-12,14H2,(H,26,29)(H,28,30)/t21-/m0/s1. The number of thiophene rings is 1. The Labute approximate surface area is 194 Å². The first kappa shape index (κ1) is 21.9. The lowest BCUT2D eigenvalue weighted by atomic mass is 10.0. The summed E-state index contributed by atoms with van der Waals surface area (Å²) in [5.41, 5.74) is 1.95. The maximum absolute atomic E-state index is 13.0. The minimum absolute atomic E-state index is 0.264. The van der Waals surface area contributed by atoms with Crippen LogP contribution in [-0.4, -0.2) is 36.0 Å². The number of H-pyrrole nitrogens is 1. The predicted octanol–water partition coefficient (Wildman–Crippen LogP) is 4.42. The molecule has 6 nitrogen and oxygen atoms in total. The molecule has 2 heterocycles. The highest BCUT2D eigenvalue weighted by molar-refractivity contribution is 7.12. The fraction of sp³-hybridized carbons (Fsp3) is 0.167. The molecule has 0 unspecified atom stereocenters. The molecule has 0 fully saturated rings. The summed E-state index contributed by atoms with van der Waals surface area (Å²) in [7, 11) is 0. The van der Waals surface area contributed by atoms with E-state index in [9.17, 15) is 9.59 Å². The van der Waals surface area contributed by atoms with Crippen LogP contribution in [0.5, 0.6) is 5.75 Å². The largest absolute Gasteiger partial charge is 0.492 e. The number of benzene rings is 2. The lowest BCUT2D eigenvalue weighted by Gasteiger charge is -2.18. The van der Waals surface area contributed by atoms with Crippen molar-refractivity contribution in [2.45, 2.75) is 12.5 Å². The molecule has 2 amide bonds. The van der Waals surface area contributed by atoms with Crippen LogP contribution in [0.4, 0.5) is 0 Å². The van der Waals surface area contributed by atoms with E-state index in [2.05, 4.69) is 15.6 Å². The van der Waals surface area contributed by atoms with E-state index in [1.165, 1.54) is 11.3 Å². The minimum Gasteiger partial charge on any atom is -0.492 e. The Morgan fingerprint density at radius 3 is 2.66 bits per heavy atom. The second-order valence-electron chi connectivity index (χ2n) is 7.16. The number of aromatic nitrogens is 1. The molecule has 0 spiro atoms. The van der Waals surface area contributed by atoms with E-state index in [1.54, 1.807) is 30.3 Å². The molecule has 3 N–H and O–H groups in total. The van der Waals surface area contributed by atoms with Crippen LogP contribution in [0.1, 0.15) is 15.2 Å². The summed E-state index contributed by atoms with van der Waals surface area (Å²) >= 11 is 7.21. The normalized spacial score (nSPS) is 11.8. The van der Waals surface area contributed by atoms with Gasteiger partial charge in [-0.25, -0.2) is 0 Å². The molecule has 2 aromatic carbocycles. The van der Waals surface area contributed by atoms with Crippen molar-refractivity contribution < 1.29 is 14.3 Å². The van der Waals surface area contributed by atoms with E-state index in [-0.39, 0.29) is 11.8 Å². The van der Waals surface area contributed by atoms with Gasteiger partial charge in [-0.05, 0) is 47.3 Å². The van der Waals surface area contributed by atoms with Crippen LogP contribution >= 0.6 is 22.9 Å². The second kappa shape index (κ2) is 10.3. The van der Waals surface area contributed by atoms with Crippen molar-refractivity contribution in [1.82, 2.24) is 15.6 Å². The molecule has 4 aromatic rings. The third kappa shape index (κ3) is 5.49. The SMILES string of the molecule is O=C(N[C@@H](Cc1c[nH]c2ccccc12)C(=O)NCCOc1ccc(Cl)cc1)c1cccs1. The average molecular weight is 468 g/mol. The monoisotopic (exact) mass is 467 g/mol. The van der Waals surface area contributed by atoms with E-state index in [1.807, 2.05) is 41.9 Å². The van der Waals surface area contributed by atoms with Crippen molar-refractivity contribution in [2.24, 2.45) is 0 Å². The molecule has 0 saturated heterocycles. The van der Waals surface area contributed by atoms with Crippen LogP contribution in [0.2, 0.25) is 5.02 Å². The van der Waals surface area contributed by atoms with Crippen molar-refractivity contribution in [3.8, 4) is 5.75 Å². The molecule has 4 rings (SSSR count). The first-order valence-electron chi connectivity index (χ1n) is 10.2. The van der Waals surface area contributed by atoms with Gasteiger partial charge < -0.3 is 20.4 Å². The van der Waals surface area contributed by atoms with E-state index in [0.29, 0.717) is 35.2 Å². The predicted molar refractivity (Wildman–Crippen MR) is 128 cm³/mol. The smallest absolute Gasteiger partial charge is 0.262 e. The average Bonchev–Trinajstić information content (AvgIpc) is 3.48. The second-order valence-corrected chi connectivity index (χ2v) is 8.54. The van der Waals surface area contributed by atoms with Crippen LogP contribution in [0.25, 0.3) is 10.9 Å². The number of amides is 2. The third-order valence-electron chi connectivity index (χ3n) is 4.95. The molecule has 0 radical (unpaired) electrons. The van der Waals surface area contributed by atoms with Gasteiger partial charge in [-0.3, -0.25) is 9.59 Å². The summed E-state index contributed by atoms with van der Waals surface area (Å²) in [6.07, 6.45) is 2.25. The summed E-state index contributed by atoms with van der Waals surface area (Å²) in [6, 6.07) is 17.7. The number of aromatic amines is 1. The van der Waals surface area contributed by atoms with Gasteiger partial charge in [0, 0.05) is 28.5 Å². The number of carbonyl (C=O) groups excluding carboxylic acids is 2. The quantitative estimate of drug-likeness (QED) is 0.319. The van der Waals surface area contributed by atoms with Gasteiger partial charge in [-0.1, -0.05) is 35.9 Å². The van der Waals surface area contributed by atoms with Crippen molar-refractivity contribution in [2.75, 3.05) is 13.2 Å². The van der Waals surface area contributed by atoms with Crippen LogP contribution in [0, 0.1) is 0 Å². The van der Waals surface area contributed by atoms with E-state index < -0.39 is 6.04 Å². The number of fused-ring (bicyclic) bond motifs is 1. The number of rotatable bonds is 9. The molecule has 32 heavy (non-hydrogen) atoms. The molecule has 0 aliphatic rings. The van der Waals surface area contributed by atoms with E-state index >= 15 is 0 Å². The van der Waals surface area contributed by atoms with Crippen LogP contribution in [-0.2, 0) is 11.2 Å². The molecule has 2 aromatic heterocycles. The zero-order valence-corrected chi connectivity index (χ0v) is 18.7. The molecule has 1 atom stereocenters. The lowest BCUT2D eigenvalue weighted by molar-refractivity contribution is -0.123. The van der Waals surface area contributed by atoms with E-state index in [4.69, 9.17) is 16.3 Å². The lowest BCUT2D eigenvalue weighted by Crippen LogP contribution is -2.48. The first-order chi connectivity index (χ1) is 15.6. The van der Waals surface area contributed by atoms with Crippen LogP contribution in [0.3, 0.4) is 0 Å². The maximum Gasteiger partial charge on any atom is 0.262 e. The number of para-hydroxylation sites is 1. The van der Waals surface area contributed by atoms with Gasteiger partial charge in [0.05, 0.1) is 11.4 Å². The first-order valence-corrected chi connectivity index (χ1v) is 11.4. The number of halogens is 1. The fourth-order valence-corrected chi connectivity index (χ4v) is 4.12. The van der Waals surface area contributed by atoms with Gasteiger partial charge in [0.25, 0.3) is 5.91 Å². The molecule has 8 heteroatoms. The van der Waals surface area contributed by atoms with Crippen molar-refractivity contribution in [1.29, 1.82) is 0 Å². The van der Waals surface area contributed by atoms with Crippen LogP contribution < -0.4 is 15.4 Å². The van der Waals surface area contributed by atoms with Gasteiger partial charge in [0.1, 0.15) is 18.4 Å². The topological polar surface area (TPSA) is 83.2 Å². The zero-order valence-electron chi connectivity index (χ0n) is 17.1. The zero-order chi connectivity index (χ0) is 22.3. The van der Waals surface area contributed by atoms with Crippen molar-refractivity contribution in [3.05, 3.63) is 87.7 Å². The summed E-state index contributed by atoms with van der Waals surface area (Å²) in [6.45, 7) is 0.604.